The van der Waals surface area contributed by atoms with Gasteiger partial charge in [0.05, 0.1) is 25.8 Å². The number of ether oxygens (including phenoxy) is 2. The number of amides is 2. The summed E-state index contributed by atoms with van der Waals surface area (Å²) in [7, 11) is 3.04. The van der Waals surface area contributed by atoms with E-state index in [-0.39, 0.29) is 24.3 Å². The van der Waals surface area contributed by atoms with E-state index in [2.05, 4.69) is 5.32 Å². The zero-order valence-corrected chi connectivity index (χ0v) is 15.2. The van der Waals surface area contributed by atoms with Gasteiger partial charge in [0.1, 0.15) is 11.5 Å². The number of hydrogen-bond acceptors (Lipinski definition) is 4. The Morgan fingerprint density at radius 2 is 1.88 bits per heavy atom. The van der Waals surface area contributed by atoms with Crippen LogP contribution >= 0.6 is 11.6 Å². The van der Waals surface area contributed by atoms with E-state index in [1.807, 2.05) is 0 Å². The number of nitrogens with one attached hydrogen (secondary N) is 1. The summed E-state index contributed by atoms with van der Waals surface area (Å²) in [5.41, 5.74) is 1.16. The molecule has 1 N–H and O–H groups in total. The Hall–Kier alpha value is -2.73. The number of rotatable bonds is 5. The van der Waals surface area contributed by atoms with E-state index < -0.39 is 0 Å². The smallest absolute Gasteiger partial charge is 0.255 e. The van der Waals surface area contributed by atoms with Gasteiger partial charge in [-0.2, -0.15) is 0 Å². The van der Waals surface area contributed by atoms with Crippen molar-refractivity contribution in [3.63, 3.8) is 0 Å². The molecule has 0 radical (unpaired) electrons. The van der Waals surface area contributed by atoms with E-state index in [0.29, 0.717) is 28.6 Å². The molecule has 26 heavy (non-hydrogen) atoms. The van der Waals surface area contributed by atoms with E-state index in [4.69, 9.17) is 21.1 Å². The highest BCUT2D eigenvalue weighted by Crippen LogP contribution is 2.26. The van der Waals surface area contributed by atoms with E-state index in [1.54, 1.807) is 54.5 Å². The number of hydrogen-bond donors (Lipinski definition) is 1. The van der Waals surface area contributed by atoms with Crippen molar-refractivity contribution >= 4 is 29.1 Å². The first-order valence-corrected chi connectivity index (χ1v) is 8.48. The fourth-order valence-electron chi connectivity index (χ4n) is 2.92. The van der Waals surface area contributed by atoms with Gasteiger partial charge in [-0.15, -0.1) is 0 Å². The maximum atomic E-state index is 12.6. The Balaban J connectivity index is 1.71. The van der Waals surface area contributed by atoms with Gasteiger partial charge in [-0.1, -0.05) is 11.6 Å². The molecule has 136 valence electrons. The minimum atomic E-state index is -0.291. The van der Waals surface area contributed by atoms with Crippen molar-refractivity contribution in [2.75, 3.05) is 25.7 Å². The molecule has 1 heterocycles. The van der Waals surface area contributed by atoms with E-state index in [9.17, 15) is 9.59 Å². The summed E-state index contributed by atoms with van der Waals surface area (Å²) in [5.74, 6) is 0.684. The lowest BCUT2D eigenvalue weighted by Gasteiger charge is -2.18. The third-order valence-electron chi connectivity index (χ3n) is 4.25. The van der Waals surface area contributed by atoms with Gasteiger partial charge in [0.15, 0.2) is 0 Å². The zero-order chi connectivity index (χ0) is 18.7. The molecule has 1 unspecified atom stereocenters. The normalized spacial score (nSPS) is 16.5. The highest BCUT2D eigenvalue weighted by atomic mass is 35.5. The van der Waals surface area contributed by atoms with Crippen molar-refractivity contribution in [2.45, 2.75) is 12.5 Å². The van der Waals surface area contributed by atoms with Crippen LogP contribution < -0.4 is 19.7 Å². The Kier molecular flexibility index (Phi) is 5.32. The molecule has 1 atom stereocenters. The number of benzene rings is 2. The predicted octanol–water partition coefficient (Wildman–Crippen LogP) is 2.89. The molecular weight excluding hydrogens is 356 g/mol. The van der Waals surface area contributed by atoms with Gasteiger partial charge in [-0.05, 0) is 36.4 Å². The van der Waals surface area contributed by atoms with Gasteiger partial charge >= 0.3 is 0 Å². The first-order valence-electron chi connectivity index (χ1n) is 8.10. The van der Waals surface area contributed by atoms with E-state index in [1.165, 1.54) is 7.11 Å². The summed E-state index contributed by atoms with van der Waals surface area (Å²) in [6.07, 6.45) is 0.243. The Morgan fingerprint density at radius 1 is 1.15 bits per heavy atom. The fourth-order valence-corrected chi connectivity index (χ4v) is 3.05. The number of halogens is 1. The molecule has 0 aromatic heterocycles. The van der Waals surface area contributed by atoms with Gasteiger partial charge < -0.3 is 19.7 Å². The molecule has 2 aromatic rings. The van der Waals surface area contributed by atoms with Crippen LogP contribution in [0.1, 0.15) is 16.8 Å². The van der Waals surface area contributed by atoms with E-state index in [0.717, 1.165) is 5.69 Å². The molecule has 0 saturated carbocycles. The van der Waals surface area contributed by atoms with Crippen molar-refractivity contribution in [3.8, 4) is 11.5 Å². The molecule has 7 heteroatoms. The summed E-state index contributed by atoms with van der Waals surface area (Å²) in [4.78, 5) is 26.5. The van der Waals surface area contributed by atoms with Crippen LogP contribution in [0.4, 0.5) is 5.69 Å². The number of carbonyl (C=O) groups is 2. The first kappa shape index (κ1) is 18.1. The van der Waals surface area contributed by atoms with E-state index >= 15 is 0 Å². The van der Waals surface area contributed by atoms with Gasteiger partial charge in [0, 0.05) is 29.7 Å². The molecule has 0 aliphatic carbocycles. The number of nitrogens with zero attached hydrogens (tertiary/aromatic N) is 1. The maximum Gasteiger partial charge on any atom is 0.255 e. The third-order valence-corrected chi connectivity index (χ3v) is 4.50. The number of anilines is 1. The summed E-state index contributed by atoms with van der Waals surface area (Å²) in [6.45, 7) is 0.407. The van der Waals surface area contributed by atoms with Crippen LogP contribution in [0.15, 0.2) is 42.5 Å². The van der Waals surface area contributed by atoms with Crippen molar-refractivity contribution < 1.29 is 19.1 Å². The van der Waals surface area contributed by atoms with Crippen LogP contribution in [-0.2, 0) is 4.79 Å². The summed E-state index contributed by atoms with van der Waals surface area (Å²) in [5, 5.41) is 3.51. The monoisotopic (exact) mass is 374 g/mol. The average Bonchev–Trinajstić information content (AvgIpc) is 3.01. The van der Waals surface area contributed by atoms with Gasteiger partial charge in [-0.25, -0.2) is 0 Å². The molecule has 3 rings (SSSR count). The average molecular weight is 375 g/mol. The van der Waals surface area contributed by atoms with Gasteiger partial charge in [0.2, 0.25) is 5.91 Å². The summed E-state index contributed by atoms with van der Waals surface area (Å²) in [6, 6.07) is 11.7. The standard InChI is InChI=1S/C19H19ClN2O4/c1-25-15-7-8-16(17(10-15)26-2)19(24)21-13-9-18(23)22(11-13)14-5-3-12(20)4-6-14/h3-8,10,13H,9,11H2,1-2H3,(H,21,24). The predicted molar refractivity (Wildman–Crippen MR) is 99.2 cm³/mol. The first-order chi connectivity index (χ1) is 12.5. The lowest BCUT2D eigenvalue weighted by Crippen LogP contribution is -2.37. The molecule has 0 bridgehead atoms. The van der Waals surface area contributed by atoms with Crippen molar-refractivity contribution in [1.29, 1.82) is 0 Å². The summed E-state index contributed by atoms with van der Waals surface area (Å²) >= 11 is 5.89. The topological polar surface area (TPSA) is 67.9 Å². The van der Waals surface area contributed by atoms with Gasteiger partial charge in [-0.3, -0.25) is 9.59 Å². The van der Waals surface area contributed by atoms with Crippen molar-refractivity contribution in [2.24, 2.45) is 0 Å². The van der Waals surface area contributed by atoms with Crippen LogP contribution in [0, 0.1) is 0 Å². The highest BCUT2D eigenvalue weighted by molar-refractivity contribution is 6.30. The fraction of sp³-hybridized carbons (Fsp3) is 0.263. The molecule has 2 amide bonds. The maximum absolute atomic E-state index is 12.6. The second kappa shape index (κ2) is 7.66. The van der Waals surface area contributed by atoms with Crippen molar-refractivity contribution in [3.05, 3.63) is 53.1 Å². The molecule has 0 spiro atoms. The molecular formula is C19H19ClN2O4. The molecule has 1 aliphatic rings. The van der Waals surface area contributed by atoms with Crippen LogP contribution in [0.25, 0.3) is 0 Å². The largest absolute Gasteiger partial charge is 0.497 e. The summed E-state index contributed by atoms with van der Waals surface area (Å²) < 4.78 is 10.4. The third kappa shape index (κ3) is 3.75. The highest BCUT2D eigenvalue weighted by Gasteiger charge is 2.32. The lowest BCUT2D eigenvalue weighted by molar-refractivity contribution is -0.117. The Morgan fingerprint density at radius 3 is 2.54 bits per heavy atom. The Bertz CT molecular complexity index is 823. The minimum absolute atomic E-state index is 0.0423. The Labute approximate surface area is 156 Å². The van der Waals surface area contributed by atoms with Crippen molar-refractivity contribution in [1.82, 2.24) is 5.32 Å². The molecule has 6 nitrogen and oxygen atoms in total. The molecule has 1 saturated heterocycles. The number of carbonyl (C=O) groups excluding carboxylic acids is 2. The van der Waals surface area contributed by atoms with Crippen LogP contribution in [0.5, 0.6) is 11.5 Å². The van der Waals surface area contributed by atoms with Gasteiger partial charge in [0.25, 0.3) is 5.91 Å². The molecule has 2 aromatic carbocycles. The SMILES string of the molecule is COc1ccc(C(=O)NC2CC(=O)N(c3ccc(Cl)cc3)C2)c(OC)c1. The molecule has 1 fully saturated rings. The number of methoxy groups -OCH3 is 2. The quantitative estimate of drug-likeness (QED) is 0.873. The second-order valence-corrected chi connectivity index (χ2v) is 6.36. The zero-order valence-electron chi connectivity index (χ0n) is 14.5. The minimum Gasteiger partial charge on any atom is -0.497 e. The van der Waals surface area contributed by atoms with Crippen LogP contribution in [0.2, 0.25) is 5.02 Å². The lowest BCUT2D eigenvalue weighted by atomic mass is 10.1. The van der Waals surface area contributed by atoms with Crippen LogP contribution in [-0.4, -0.2) is 38.6 Å². The molecule has 1 aliphatic heterocycles. The van der Waals surface area contributed by atoms with Crippen LogP contribution in [0.3, 0.4) is 0 Å². The second-order valence-electron chi connectivity index (χ2n) is 5.92.